The molecule has 0 atom stereocenters. The van der Waals surface area contributed by atoms with Crippen LogP contribution >= 0.6 is 0 Å². The van der Waals surface area contributed by atoms with E-state index in [0.717, 1.165) is 0 Å². The van der Waals surface area contributed by atoms with Crippen molar-refractivity contribution >= 4 is 0 Å². The van der Waals surface area contributed by atoms with Crippen molar-refractivity contribution in [1.82, 2.24) is 0 Å². The fourth-order valence-corrected chi connectivity index (χ4v) is 0. The fraction of sp³-hybridized carbons (Fsp3) is 0. The van der Waals surface area contributed by atoms with Crippen molar-refractivity contribution in [2.45, 2.75) is 0 Å². The summed E-state index contributed by atoms with van der Waals surface area (Å²) < 4.78 is 0. The smallest absolute Gasteiger partial charge is 0 e. The van der Waals surface area contributed by atoms with Crippen molar-refractivity contribution in [1.29, 1.82) is 0 Å². The fourth-order valence-electron chi connectivity index (χ4n) is 0. The maximum atomic E-state index is 0. The summed E-state index contributed by atoms with van der Waals surface area (Å²) in [5.74, 6) is 0. The van der Waals surface area contributed by atoms with E-state index in [9.17, 15) is 0 Å². The van der Waals surface area contributed by atoms with Crippen molar-refractivity contribution in [3.05, 3.63) is 0 Å². The van der Waals surface area contributed by atoms with Gasteiger partial charge in [-0.25, -0.2) is 0 Å². The molecule has 0 nitrogen and oxygen atoms in total. The molecule has 0 amide bonds. The van der Waals surface area contributed by atoms with Gasteiger partial charge < -0.3 is 0 Å². The predicted molar refractivity (Wildman–Crippen MR) is 0 cm³/mol. The van der Waals surface area contributed by atoms with Crippen LogP contribution in [-0.4, -0.2) is 0 Å². The van der Waals surface area contributed by atoms with Crippen LogP contribution < -0.4 is 0 Å². The zero-order chi connectivity index (χ0) is 0. The van der Waals surface area contributed by atoms with E-state index in [-0.39, 0.29) is 157 Å². The Morgan fingerprint density at radius 2 is 1.00 bits per heavy atom. The first kappa shape index (κ1) is 75.2. The molecule has 0 spiro atoms. The van der Waals surface area contributed by atoms with E-state index in [1.807, 2.05) is 0 Å². The summed E-state index contributed by atoms with van der Waals surface area (Å²) in [7, 11) is 0. The molecule has 0 unspecified atom stereocenters. The summed E-state index contributed by atoms with van der Waals surface area (Å²) in [4.78, 5) is 0. The van der Waals surface area contributed by atoms with Gasteiger partial charge in [0, 0.05) is 157 Å². The van der Waals surface area contributed by atoms with Gasteiger partial charge in [0.05, 0.1) is 0 Å². The standard InChI is InChI=1S/Ag.Co.Cu.Fe.Mo.Ni.Zn.Zr. The third-order valence-corrected chi connectivity index (χ3v) is 0. The summed E-state index contributed by atoms with van der Waals surface area (Å²) >= 11 is 0. The minimum Gasteiger partial charge on any atom is 0 e. The van der Waals surface area contributed by atoms with Crippen LogP contribution in [0.3, 0.4) is 0 Å². The third kappa shape index (κ3) is 44.1. The van der Waals surface area contributed by atoms with Gasteiger partial charge in [-0.15, -0.1) is 0 Å². The molecule has 0 aromatic rings. The second kappa shape index (κ2) is 58.3. The summed E-state index contributed by atoms with van der Waals surface area (Å²) in [5, 5.41) is 0. The Balaban J connectivity index is 0. The maximum absolute atomic E-state index is 0. The van der Waals surface area contributed by atoms with E-state index in [1.54, 1.807) is 0 Å². The van der Waals surface area contributed by atoms with E-state index >= 15 is 0 Å². The summed E-state index contributed by atoms with van der Waals surface area (Å²) in [6.45, 7) is 0. The van der Waals surface area contributed by atoms with Crippen LogP contribution in [0.2, 0.25) is 0 Å². The molecule has 0 saturated carbocycles. The van der Waals surface area contributed by atoms with Gasteiger partial charge in [-0.1, -0.05) is 0 Å². The molecule has 0 aromatic carbocycles. The maximum Gasteiger partial charge on any atom is 0 e. The molecule has 8 heavy (non-hydrogen) atoms. The zero-order valence-electron chi connectivity index (χ0n) is 3.22. The SMILES string of the molecule is [Ag].[Co].[Cu].[Fe].[Mo].[Ni].[Zn].[Zr]. The first-order valence-corrected chi connectivity index (χ1v) is 0. The van der Waals surface area contributed by atoms with E-state index in [4.69, 9.17) is 0 Å². The van der Waals surface area contributed by atoms with E-state index in [2.05, 4.69) is 0 Å². The largest absolute Gasteiger partial charge is 0 e. The van der Waals surface area contributed by atoms with Gasteiger partial charge in [0.25, 0.3) is 0 Å². The molecule has 0 fully saturated rings. The average Bonchev–Trinajstić information content (AvgIpc) is 0. The molecule has 0 bridgehead atoms. The van der Waals surface area contributed by atoms with Gasteiger partial charge in [0.1, 0.15) is 0 Å². The molecule has 0 aromatic heterocycles. The summed E-state index contributed by atoms with van der Waals surface area (Å²) in [5.41, 5.74) is 0. The molecule has 0 rings (SSSR count). The van der Waals surface area contributed by atoms with Crippen molar-refractivity contribution in [2.24, 2.45) is 0 Å². The minimum atomic E-state index is 0. The average molecular weight is 597 g/mol. The number of hydrogen-bond acceptors (Lipinski definition) is 0. The van der Waals surface area contributed by atoms with E-state index in [1.165, 1.54) is 0 Å². The first-order valence-electron chi connectivity index (χ1n) is 0. The van der Waals surface area contributed by atoms with Crippen molar-refractivity contribution in [3.63, 3.8) is 0 Å². The zero-order valence-corrected chi connectivity index (χ0v) is 16.2. The van der Waals surface area contributed by atoms with Crippen molar-refractivity contribution < 1.29 is 157 Å². The van der Waals surface area contributed by atoms with Crippen LogP contribution in [0.4, 0.5) is 0 Å². The first-order chi connectivity index (χ1) is 0. The second-order valence-electron chi connectivity index (χ2n) is 0. The molecular weight excluding hydrogens is 597 g/mol. The Bertz CT molecular complexity index is 24.0. The van der Waals surface area contributed by atoms with Crippen molar-refractivity contribution in [2.75, 3.05) is 0 Å². The molecule has 0 aliphatic rings. The molecule has 0 N–H and O–H groups in total. The Labute approximate surface area is 153 Å². The quantitative estimate of drug-likeness (QED) is 0.345. The number of hydrogen-bond donors (Lipinski definition) is 0. The Kier molecular flexibility index (Phi) is 548. The van der Waals surface area contributed by atoms with E-state index < -0.39 is 0 Å². The van der Waals surface area contributed by atoms with Crippen LogP contribution in [0.5, 0.6) is 0 Å². The van der Waals surface area contributed by atoms with Gasteiger partial charge in [0.15, 0.2) is 0 Å². The second-order valence-corrected chi connectivity index (χ2v) is 0. The van der Waals surface area contributed by atoms with E-state index in [0.29, 0.717) is 0 Å². The predicted octanol–water partition coefficient (Wildman–Crippen LogP) is -0.0200. The van der Waals surface area contributed by atoms with Crippen LogP contribution in [0.25, 0.3) is 0 Å². The molecule has 0 aliphatic carbocycles. The van der Waals surface area contributed by atoms with Crippen LogP contribution in [-0.2, 0) is 157 Å². The van der Waals surface area contributed by atoms with Gasteiger partial charge in [-0.3, -0.25) is 0 Å². The Hall–Kier alpha value is 4.97. The topological polar surface area (TPSA) is 0 Å². The minimum absolute atomic E-state index is 0. The molecular formula is AgCoCuFeMoNiZnZr. The monoisotopic (exact) mass is 594 g/mol. The van der Waals surface area contributed by atoms with Gasteiger partial charge in [-0.05, 0) is 0 Å². The number of rotatable bonds is 0. The molecule has 3 radical (unpaired) electrons. The van der Waals surface area contributed by atoms with Gasteiger partial charge >= 0.3 is 0 Å². The third-order valence-electron chi connectivity index (χ3n) is 0. The molecule has 8 heteroatoms. The van der Waals surface area contributed by atoms with Crippen LogP contribution in [0.15, 0.2) is 0 Å². The summed E-state index contributed by atoms with van der Waals surface area (Å²) in [6, 6.07) is 0. The molecule has 0 heterocycles. The van der Waals surface area contributed by atoms with Crippen molar-refractivity contribution in [3.8, 4) is 0 Å². The Morgan fingerprint density at radius 3 is 1.00 bits per heavy atom. The summed E-state index contributed by atoms with van der Waals surface area (Å²) in [6.07, 6.45) is 0. The Morgan fingerprint density at radius 1 is 1.00 bits per heavy atom. The van der Waals surface area contributed by atoms with Gasteiger partial charge in [0.2, 0.25) is 0 Å². The molecule has 0 saturated heterocycles. The van der Waals surface area contributed by atoms with Gasteiger partial charge in [-0.2, -0.15) is 0 Å². The van der Waals surface area contributed by atoms with Crippen LogP contribution in [0.1, 0.15) is 0 Å². The molecule has 61 valence electrons. The van der Waals surface area contributed by atoms with Crippen LogP contribution in [0, 0.1) is 0 Å². The molecule has 0 aliphatic heterocycles. The normalized spacial score (nSPS) is 0.